The minimum Gasteiger partial charge on any atom is -0.495 e. The second kappa shape index (κ2) is 10.4. The van der Waals surface area contributed by atoms with Gasteiger partial charge in [-0.3, -0.25) is 9.59 Å². The number of thiocarbonyl (C=S) groups is 1. The number of carbonyl (C=O) groups excluding carboxylic acids is 2. The molecule has 7 nitrogen and oxygen atoms in total. The normalized spacial score (nSPS) is 16.8. The molecule has 1 spiro atoms. The molecular weight excluding hydrogens is 486 g/mol. The first-order valence-corrected chi connectivity index (χ1v) is 12.4. The average molecular weight is 516 g/mol. The van der Waals surface area contributed by atoms with E-state index in [1.807, 2.05) is 4.90 Å². The number of hydrogen-bond acceptors (Lipinski definition) is 5. The third-order valence-electron chi connectivity index (χ3n) is 7.09. The number of carbonyl (C=O) groups is 2. The second-order valence-corrected chi connectivity index (χ2v) is 10.0. The molecule has 0 aromatic heterocycles. The summed E-state index contributed by atoms with van der Waals surface area (Å²) in [6, 6.07) is 10.4. The first kappa shape index (κ1) is 25.3. The summed E-state index contributed by atoms with van der Waals surface area (Å²) in [5.41, 5.74) is 2.08. The maximum Gasteiger partial charge on any atom is 0.253 e. The molecule has 2 heterocycles. The van der Waals surface area contributed by atoms with E-state index in [0.29, 0.717) is 51.5 Å². The van der Waals surface area contributed by atoms with Gasteiger partial charge >= 0.3 is 0 Å². The first-order valence-electron chi connectivity index (χ1n) is 11.6. The Morgan fingerprint density at radius 3 is 2.09 bits per heavy atom. The lowest BCUT2D eigenvalue weighted by Crippen LogP contribution is -2.45. The lowest BCUT2D eigenvalue weighted by molar-refractivity contribution is 0.0598. The van der Waals surface area contributed by atoms with E-state index < -0.39 is 0 Å². The summed E-state index contributed by atoms with van der Waals surface area (Å²) >= 11 is 11.9. The monoisotopic (exact) mass is 515 g/mol. The van der Waals surface area contributed by atoms with Gasteiger partial charge in [0.2, 0.25) is 0 Å². The van der Waals surface area contributed by atoms with Crippen LogP contribution in [-0.4, -0.2) is 67.0 Å². The highest BCUT2D eigenvalue weighted by Gasteiger charge is 2.42. The van der Waals surface area contributed by atoms with Crippen molar-refractivity contribution in [2.24, 2.45) is 5.41 Å². The van der Waals surface area contributed by atoms with Gasteiger partial charge in [-0.2, -0.15) is 0 Å². The lowest BCUT2D eigenvalue weighted by Gasteiger charge is -2.39. The van der Waals surface area contributed by atoms with Crippen molar-refractivity contribution < 1.29 is 19.1 Å². The molecule has 1 amide bonds. The number of ether oxygens (including phenoxy) is 2. The molecule has 1 N–H and O–H groups in total. The van der Waals surface area contributed by atoms with Crippen LogP contribution in [0.2, 0.25) is 5.02 Å². The Labute approximate surface area is 216 Å². The molecule has 2 saturated heterocycles. The number of likely N-dealkylation sites (tertiary alicyclic amines) is 2. The summed E-state index contributed by atoms with van der Waals surface area (Å²) in [5, 5.41) is 4.40. The van der Waals surface area contributed by atoms with Crippen molar-refractivity contribution in [3.63, 3.8) is 0 Å². The number of methoxy groups -OCH3 is 2. The van der Waals surface area contributed by atoms with E-state index in [-0.39, 0.29) is 17.1 Å². The van der Waals surface area contributed by atoms with E-state index in [0.717, 1.165) is 32.4 Å². The summed E-state index contributed by atoms with van der Waals surface area (Å²) in [4.78, 5) is 28.6. The van der Waals surface area contributed by atoms with E-state index >= 15 is 0 Å². The summed E-state index contributed by atoms with van der Waals surface area (Å²) in [6.07, 6.45) is 2.90. The van der Waals surface area contributed by atoms with Crippen LogP contribution in [0.15, 0.2) is 36.4 Å². The van der Waals surface area contributed by atoms with Gasteiger partial charge < -0.3 is 24.6 Å². The maximum absolute atomic E-state index is 13.0. The van der Waals surface area contributed by atoms with Crippen molar-refractivity contribution in [3.8, 4) is 11.5 Å². The Balaban J connectivity index is 1.35. The van der Waals surface area contributed by atoms with E-state index in [4.69, 9.17) is 33.3 Å². The van der Waals surface area contributed by atoms with Crippen LogP contribution in [0.1, 0.15) is 46.9 Å². The number of halogens is 1. The van der Waals surface area contributed by atoms with Crippen molar-refractivity contribution >= 4 is 46.3 Å². The molecule has 2 aliphatic rings. The fourth-order valence-electron chi connectivity index (χ4n) is 4.88. The molecule has 0 bridgehead atoms. The summed E-state index contributed by atoms with van der Waals surface area (Å²) in [5.74, 6) is 1.15. The summed E-state index contributed by atoms with van der Waals surface area (Å²) in [7, 11) is 3.16. The number of ketones is 1. The molecule has 9 heteroatoms. The molecule has 4 rings (SSSR count). The van der Waals surface area contributed by atoms with Gasteiger partial charge in [0.25, 0.3) is 5.91 Å². The first-order chi connectivity index (χ1) is 16.7. The zero-order valence-corrected chi connectivity index (χ0v) is 21.8. The number of amides is 1. The molecule has 0 unspecified atom stereocenters. The number of anilines is 1. The van der Waals surface area contributed by atoms with Gasteiger partial charge in [0.1, 0.15) is 11.5 Å². The van der Waals surface area contributed by atoms with Crippen molar-refractivity contribution in [3.05, 3.63) is 52.5 Å². The van der Waals surface area contributed by atoms with E-state index in [1.165, 1.54) is 6.92 Å². The van der Waals surface area contributed by atoms with Gasteiger partial charge in [-0.15, -0.1) is 0 Å². The fraction of sp³-hybridized carbons (Fsp3) is 0.423. The number of rotatable bonds is 5. The van der Waals surface area contributed by atoms with Gasteiger partial charge in [0, 0.05) is 49.4 Å². The number of hydrogen-bond donors (Lipinski definition) is 1. The Hall–Kier alpha value is -2.84. The van der Waals surface area contributed by atoms with Crippen LogP contribution in [0.3, 0.4) is 0 Å². The maximum atomic E-state index is 13.0. The van der Waals surface area contributed by atoms with Crippen molar-refractivity contribution in [2.75, 3.05) is 45.7 Å². The zero-order valence-electron chi connectivity index (χ0n) is 20.2. The summed E-state index contributed by atoms with van der Waals surface area (Å²) < 4.78 is 10.8. The van der Waals surface area contributed by atoms with E-state index in [1.54, 1.807) is 50.6 Å². The second-order valence-electron chi connectivity index (χ2n) is 9.21. The van der Waals surface area contributed by atoms with E-state index in [2.05, 4.69) is 10.2 Å². The summed E-state index contributed by atoms with van der Waals surface area (Å²) in [6.45, 7) is 4.66. The molecule has 186 valence electrons. The molecule has 0 aliphatic carbocycles. The van der Waals surface area contributed by atoms with E-state index in [9.17, 15) is 9.59 Å². The fourth-order valence-corrected chi connectivity index (χ4v) is 5.38. The molecule has 35 heavy (non-hydrogen) atoms. The van der Waals surface area contributed by atoms with Crippen molar-refractivity contribution in [2.45, 2.75) is 26.2 Å². The predicted molar refractivity (Wildman–Crippen MR) is 141 cm³/mol. The molecule has 2 fully saturated rings. The molecule has 0 saturated carbocycles. The Kier molecular flexibility index (Phi) is 7.52. The van der Waals surface area contributed by atoms with Crippen LogP contribution < -0.4 is 14.8 Å². The quantitative estimate of drug-likeness (QED) is 0.449. The van der Waals surface area contributed by atoms with Gasteiger partial charge in [-0.25, -0.2) is 0 Å². The molecule has 2 aromatic carbocycles. The smallest absolute Gasteiger partial charge is 0.253 e. The lowest BCUT2D eigenvalue weighted by atomic mass is 9.77. The molecule has 0 radical (unpaired) electrons. The number of benzene rings is 2. The van der Waals surface area contributed by atoms with Gasteiger partial charge in [0.05, 0.1) is 24.9 Å². The minimum absolute atomic E-state index is 0.00394. The number of piperidine rings is 1. The topological polar surface area (TPSA) is 71.1 Å². The van der Waals surface area contributed by atoms with Gasteiger partial charge in [0.15, 0.2) is 10.9 Å². The van der Waals surface area contributed by atoms with Gasteiger partial charge in [-0.1, -0.05) is 23.7 Å². The highest BCUT2D eigenvalue weighted by Crippen LogP contribution is 2.41. The third-order valence-corrected chi connectivity index (χ3v) is 7.75. The number of Topliss-reactive ketones (excluding diaryl/α,β-unsaturated/α-hetero) is 1. The molecule has 0 atom stereocenters. The predicted octanol–water partition coefficient (Wildman–Crippen LogP) is 4.88. The third kappa shape index (κ3) is 5.38. The van der Waals surface area contributed by atoms with Crippen LogP contribution in [-0.2, 0) is 0 Å². The average Bonchev–Trinajstić information content (AvgIpc) is 3.28. The van der Waals surface area contributed by atoms with Crippen LogP contribution in [0.5, 0.6) is 11.5 Å². The standard InChI is InChI=1S/C26H30ClN3O4S/c1-17(31)18-4-6-19(7-5-18)24(32)29-11-8-26(9-12-29)10-13-30(16-26)25(35)28-21-15-22(33-2)20(27)14-23(21)34-3/h4-7,14-15H,8-13,16H2,1-3H3,(H,28,35). The Bertz CT molecular complexity index is 1130. The molecule has 2 aliphatic heterocycles. The SMILES string of the molecule is COc1cc(NC(=S)N2CCC3(CCN(C(=O)c4ccc(C(C)=O)cc4)CC3)C2)c(OC)cc1Cl. The highest BCUT2D eigenvalue weighted by molar-refractivity contribution is 7.80. The molecule has 2 aromatic rings. The van der Waals surface area contributed by atoms with Crippen LogP contribution in [0, 0.1) is 5.41 Å². The number of nitrogens with one attached hydrogen (secondary N) is 1. The van der Waals surface area contributed by atoms with Crippen molar-refractivity contribution in [1.82, 2.24) is 9.80 Å². The van der Waals surface area contributed by atoms with Crippen molar-refractivity contribution in [1.29, 1.82) is 0 Å². The van der Waals surface area contributed by atoms with Crippen LogP contribution in [0.25, 0.3) is 0 Å². The minimum atomic E-state index is -0.00394. The zero-order chi connectivity index (χ0) is 25.2. The van der Waals surface area contributed by atoms with Gasteiger partial charge in [-0.05, 0) is 56.0 Å². The Morgan fingerprint density at radius 2 is 1.51 bits per heavy atom. The molecular formula is C26H30ClN3O4S. The van der Waals surface area contributed by atoms with Crippen LogP contribution >= 0.6 is 23.8 Å². The Morgan fingerprint density at radius 1 is 0.943 bits per heavy atom. The van der Waals surface area contributed by atoms with Crippen LogP contribution in [0.4, 0.5) is 5.69 Å². The largest absolute Gasteiger partial charge is 0.495 e. The number of nitrogens with zero attached hydrogens (tertiary/aromatic N) is 2. The highest BCUT2D eigenvalue weighted by atomic mass is 35.5.